The molecule has 4 saturated heterocycles. The van der Waals surface area contributed by atoms with Crippen LogP contribution in [0.25, 0.3) is 0 Å². The van der Waals surface area contributed by atoms with Gasteiger partial charge in [-0.25, -0.2) is 17.6 Å². The highest BCUT2D eigenvalue weighted by atomic mass is 19.2. The van der Waals surface area contributed by atoms with E-state index in [0.717, 1.165) is 98.1 Å². The van der Waals surface area contributed by atoms with Crippen molar-refractivity contribution in [1.29, 1.82) is 0 Å². The van der Waals surface area contributed by atoms with Crippen molar-refractivity contribution in [3.05, 3.63) is 176 Å². The smallest absolute Gasteiger partial charge is 0.161 e. The lowest BCUT2D eigenvalue weighted by molar-refractivity contribution is -0.187. The Hall–Kier alpha value is -4.42. The van der Waals surface area contributed by atoms with Crippen molar-refractivity contribution < 1.29 is 46.0 Å². The zero-order valence-corrected chi connectivity index (χ0v) is 67.8. The molecule has 0 amide bonds. The Balaban J connectivity index is 0.000000546. The lowest BCUT2D eigenvalue weighted by Crippen LogP contribution is -2.27. The predicted molar refractivity (Wildman–Crippen MR) is 419 cm³/mol. The standard InChI is InChI=1S/C8H8F2.2C8H9F.C8H16.3C8H14.C8H10.2C7H14O.2C6H12O2/c1-5-3-4-6(2)8(10)7(5)9;2*1-6-3-4-7(2)8(9)5-6;5*1-7-3-5-8(2)6-4-7;2*1-6-3-4-7(2)8-5-6;2*1-5-3-7-6(2)8-4-5/h3-4H,1-2H3;2*3-5H,1-2H3;7-8H,3-6H2,1-2H3;2*3,8H,4-6H2,1-2H3;3,5,7-8H,4,6H2,1-2H3;3-6H,1-2H3;2*6-7H,3-5H2,1-2H3;2*5-6H,3-4H2,1-2H3. The number of halogens is 4. The topological polar surface area (TPSA) is 55.4 Å². The second-order valence-corrected chi connectivity index (χ2v) is 31.5. The van der Waals surface area contributed by atoms with Gasteiger partial charge in [-0.2, -0.15) is 0 Å². The van der Waals surface area contributed by atoms with Gasteiger partial charge in [0.1, 0.15) is 11.6 Å². The third-order valence-corrected chi connectivity index (χ3v) is 19.2. The van der Waals surface area contributed by atoms with Crippen LogP contribution in [0.3, 0.4) is 0 Å². The quantitative estimate of drug-likeness (QED) is 0.129. The van der Waals surface area contributed by atoms with Crippen LogP contribution in [0.5, 0.6) is 0 Å². The van der Waals surface area contributed by atoms with E-state index in [1.165, 1.54) is 140 Å². The fourth-order valence-electron chi connectivity index (χ4n) is 10.9. The average Bonchev–Trinajstić information content (AvgIpc) is 0.870. The molecule has 5 fully saturated rings. The highest BCUT2D eigenvalue weighted by molar-refractivity contribution is 5.25. The molecule has 0 aromatic heterocycles. The molecule has 4 aromatic rings. The summed E-state index contributed by atoms with van der Waals surface area (Å²) >= 11 is 0. The first kappa shape index (κ1) is 93.6. The number of benzene rings is 4. The molecule has 8 unspecified atom stereocenters. The summed E-state index contributed by atoms with van der Waals surface area (Å²) in [4.78, 5) is 0. The molecule has 0 radical (unpaired) electrons. The maximum atomic E-state index is 12.6. The number of allylic oxidation sites excluding steroid dienone is 6. The maximum Gasteiger partial charge on any atom is 0.161 e. The Labute approximate surface area is 611 Å². The third kappa shape index (κ3) is 48.5. The number of hydrogen-bond donors (Lipinski definition) is 0. The van der Waals surface area contributed by atoms with Crippen LogP contribution in [0.4, 0.5) is 17.6 Å². The summed E-state index contributed by atoms with van der Waals surface area (Å²) in [6.07, 6.45) is 32.4. The van der Waals surface area contributed by atoms with Crippen LogP contribution in [0.1, 0.15) is 258 Å². The fourth-order valence-corrected chi connectivity index (χ4v) is 10.9. The molecule has 0 spiro atoms. The van der Waals surface area contributed by atoms with Gasteiger partial charge in [-0.3, -0.25) is 0 Å². The molecule has 10 heteroatoms. The number of rotatable bonds is 0. The van der Waals surface area contributed by atoms with E-state index in [1.54, 1.807) is 49.3 Å². The first-order valence-corrected chi connectivity index (χ1v) is 38.7. The van der Waals surface area contributed by atoms with Gasteiger partial charge in [0.15, 0.2) is 24.2 Å². The van der Waals surface area contributed by atoms with Gasteiger partial charge in [-0.05, 0) is 267 Å². The maximum absolute atomic E-state index is 12.6. The summed E-state index contributed by atoms with van der Waals surface area (Å²) in [5.74, 6) is 6.65. The zero-order chi connectivity index (χ0) is 75.3. The minimum atomic E-state index is -0.736. The minimum absolute atomic E-state index is 0.0196. The van der Waals surface area contributed by atoms with Crippen molar-refractivity contribution in [2.75, 3.05) is 39.6 Å². The molecule has 12 rings (SSSR count). The molecule has 4 aromatic carbocycles. The Morgan fingerprint density at radius 3 is 0.780 bits per heavy atom. The van der Waals surface area contributed by atoms with E-state index in [0.29, 0.717) is 46.3 Å². The summed E-state index contributed by atoms with van der Waals surface area (Å²) in [6.45, 7) is 55.1. The molecular formula is C90H146F4O6. The van der Waals surface area contributed by atoms with Crippen molar-refractivity contribution in [3.8, 4) is 0 Å². The van der Waals surface area contributed by atoms with Crippen molar-refractivity contribution in [2.45, 2.75) is 294 Å². The molecule has 1 saturated carbocycles. The van der Waals surface area contributed by atoms with E-state index in [-0.39, 0.29) is 24.2 Å². The number of aryl methyl sites for hydroxylation is 8. The molecule has 100 heavy (non-hydrogen) atoms. The van der Waals surface area contributed by atoms with Crippen LogP contribution in [-0.2, 0) is 28.4 Å². The van der Waals surface area contributed by atoms with Gasteiger partial charge in [0, 0.05) is 25.0 Å². The Morgan fingerprint density at radius 2 is 0.560 bits per heavy atom. The predicted octanol–water partition coefficient (Wildman–Crippen LogP) is 26.4. The lowest BCUT2D eigenvalue weighted by Gasteiger charge is -2.24. The van der Waals surface area contributed by atoms with Crippen molar-refractivity contribution >= 4 is 0 Å². The molecule has 570 valence electrons. The second-order valence-electron chi connectivity index (χ2n) is 31.5. The van der Waals surface area contributed by atoms with E-state index in [2.05, 4.69) is 159 Å². The van der Waals surface area contributed by atoms with Gasteiger partial charge >= 0.3 is 0 Å². The zero-order valence-electron chi connectivity index (χ0n) is 67.8. The summed E-state index contributed by atoms with van der Waals surface area (Å²) in [5.41, 5.74) is 9.89. The number of hydrogen-bond acceptors (Lipinski definition) is 6. The van der Waals surface area contributed by atoms with Crippen molar-refractivity contribution in [3.63, 3.8) is 0 Å². The van der Waals surface area contributed by atoms with Crippen LogP contribution in [0.2, 0.25) is 0 Å². The molecule has 0 bridgehead atoms. The van der Waals surface area contributed by atoms with E-state index in [4.69, 9.17) is 28.4 Å². The molecule has 4 aliphatic carbocycles. The van der Waals surface area contributed by atoms with Gasteiger partial charge in [0.05, 0.1) is 38.6 Å². The SMILES string of the molecule is CC1=CCC(C)CC1.CC1=CCC(C)CC1.CC1C=CC(C)CC1.CC1CCC(C)CC1.CC1CCC(C)OC1.CC1CCC(C)OC1.CC1COC(C)OC1.CC1COC(C)OC1.Cc1ccc(C)c(F)c1.Cc1ccc(C)c(F)c1.Cc1ccc(C)c(F)c1F.Cc1ccc(C)cc1. The Kier molecular flexibility index (Phi) is 50.8. The van der Waals surface area contributed by atoms with Crippen molar-refractivity contribution in [2.24, 2.45) is 59.2 Å². The second kappa shape index (κ2) is 54.2. The molecule has 0 N–H and O–H groups in total. The van der Waals surface area contributed by atoms with E-state index >= 15 is 0 Å². The van der Waals surface area contributed by atoms with Crippen LogP contribution < -0.4 is 0 Å². The molecular weight excluding hydrogens is 1250 g/mol. The Morgan fingerprint density at radius 1 is 0.280 bits per heavy atom. The van der Waals surface area contributed by atoms with Gasteiger partial charge < -0.3 is 28.4 Å². The van der Waals surface area contributed by atoms with E-state index in [1.807, 2.05) is 39.8 Å². The number of ether oxygens (including phenoxy) is 6. The lowest BCUT2D eigenvalue weighted by atomic mass is 9.84. The van der Waals surface area contributed by atoms with Crippen LogP contribution in [0.15, 0.2) is 108 Å². The first-order valence-electron chi connectivity index (χ1n) is 38.7. The van der Waals surface area contributed by atoms with Gasteiger partial charge in [-0.15, -0.1) is 0 Å². The van der Waals surface area contributed by atoms with E-state index in [9.17, 15) is 17.6 Å². The Bertz CT molecular complexity index is 2480. The van der Waals surface area contributed by atoms with Gasteiger partial charge in [-0.1, -0.05) is 202 Å². The monoisotopic (exact) mass is 1400 g/mol. The highest BCUT2D eigenvalue weighted by Crippen LogP contribution is 2.28. The molecule has 4 heterocycles. The van der Waals surface area contributed by atoms with Gasteiger partial charge in [0.25, 0.3) is 0 Å². The van der Waals surface area contributed by atoms with Gasteiger partial charge in [0.2, 0.25) is 0 Å². The molecule has 6 nitrogen and oxygen atoms in total. The first-order chi connectivity index (χ1) is 47.1. The highest BCUT2D eigenvalue weighted by Gasteiger charge is 2.18. The summed E-state index contributed by atoms with van der Waals surface area (Å²) in [6, 6.07) is 22.0. The average molecular weight is 1400 g/mol. The van der Waals surface area contributed by atoms with Crippen LogP contribution in [0, 0.1) is 138 Å². The summed E-state index contributed by atoms with van der Waals surface area (Å²) in [7, 11) is 0. The fraction of sp³-hybridized carbons (Fsp3) is 0.667. The van der Waals surface area contributed by atoms with E-state index < -0.39 is 11.6 Å². The van der Waals surface area contributed by atoms with Crippen LogP contribution in [-0.4, -0.2) is 64.4 Å². The summed E-state index contributed by atoms with van der Waals surface area (Å²) < 4.78 is 81.8. The minimum Gasteiger partial charge on any atom is -0.378 e. The molecule has 8 aliphatic rings. The molecule has 8 atom stereocenters. The third-order valence-electron chi connectivity index (χ3n) is 19.2. The largest absolute Gasteiger partial charge is 0.378 e. The van der Waals surface area contributed by atoms with Crippen molar-refractivity contribution in [1.82, 2.24) is 0 Å². The molecule has 4 aliphatic heterocycles. The summed E-state index contributed by atoms with van der Waals surface area (Å²) in [5, 5.41) is 0. The normalized spacial score (nSPS) is 27.2. The van der Waals surface area contributed by atoms with Crippen LogP contribution >= 0.6 is 0 Å².